The molecule has 1 saturated heterocycles. The molecule has 0 bridgehead atoms. The molecule has 0 N–H and O–H groups in total. The van der Waals surface area contributed by atoms with Crippen molar-refractivity contribution < 1.29 is 14.3 Å². The molecule has 0 saturated carbocycles. The number of amides is 1. The minimum atomic E-state index is 0.0263. The Balaban J connectivity index is 2.14. The van der Waals surface area contributed by atoms with Crippen molar-refractivity contribution in [3.8, 4) is 0 Å². The highest BCUT2D eigenvalue weighted by molar-refractivity contribution is 5.81. The second kappa shape index (κ2) is 4.58. The van der Waals surface area contributed by atoms with Gasteiger partial charge in [0.05, 0.1) is 12.2 Å². The lowest BCUT2D eigenvalue weighted by Crippen LogP contribution is -2.45. The summed E-state index contributed by atoms with van der Waals surface area (Å²) < 4.78 is 10.5. The summed E-state index contributed by atoms with van der Waals surface area (Å²) in [4.78, 5) is 12.6. The minimum absolute atomic E-state index is 0.0263. The van der Waals surface area contributed by atoms with Crippen LogP contribution in [0, 0.1) is 0 Å². The van der Waals surface area contributed by atoms with Gasteiger partial charge in [-0.3, -0.25) is 4.79 Å². The van der Waals surface area contributed by atoms with Crippen LogP contribution in [0.25, 0.3) is 0 Å². The molecule has 0 aliphatic carbocycles. The van der Waals surface area contributed by atoms with Gasteiger partial charge in [0.1, 0.15) is 6.73 Å². The van der Waals surface area contributed by atoms with Crippen LogP contribution in [0.15, 0.2) is 0 Å². The van der Waals surface area contributed by atoms with Crippen LogP contribution in [-0.4, -0.2) is 43.4 Å². The summed E-state index contributed by atoms with van der Waals surface area (Å²) in [6.07, 6.45) is 0.757. The molecule has 1 aliphatic heterocycles. The minimum Gasteiger partial charge on any atom is -0.379 e. The fourth-order valence-corrected chi connectivity index (χ4v) is 1.03. The van der Waals surface area contributed by atoms with Gasteiger partial charge in [-0.05, 0) is 13.8 Å². The summed E-state index contributed by atoms with van der Waals surface area (Å²) in [7, 11) is 1.65. The van der Waals surface area contributed by atoms with E-state index in [9.17, 15) is 4.79 Å². The normalized spacial score (nSPS) is 21.2. The summed E-state index contributed by atoms with van der Waals surface area (Å²) in [5.74, 6) is 0.178. The van der Waals surface area contributed by atoms with Crippen LogP contribution in [0.3, 0.4) is 0 Å². The van der Waals surface area contributed by atoms with E-state index >= 15 is 0 Å². The number of rotatable bonds is 5. The Bertz CT molecular complexity index is 184. The Kier molecular flexibility index (Phi) is 3.69. The molecule has 0 aromatic heterocycles. The van der Waals surface area contributed by atoms with Gasteiger partial charge in [0.15, 0.2) is 0 Å². The van der Waals surface area contributed by atoms with Crippen LogP contribution in [-0.2, 0) is 14.3 Å². The van der Waals surface area contributed by atoms with E-state index in [4.69, 9.17) is 9.47 Å². The zero-order valence-electron chi connectivity index (χ0n) is 8.45. The van der Waals surface area contributed by atoms with Gasteiger partial charge >= 0.3 is 0 Å². The number of likely N-dealkylation sites (tertiary alicyclic amines) is 1. The lowest BCUT2D eigenvalue weighted by atomic mass is 10.2. The van der Waals surface area contributed by atoms with Crippen molar-refractivity contribution in [3.63, 3.8) is 0 Å². The molecule has 4 heteroatoms. The molecule has 0 radical (unpaired) electrons. The second-order valence-electron chi connectivity index (χ2n) is 3.35. The van der Waals surface area contributed by atoms with Crippen LogP contribution in [0.4, 0.5) is 0 Å². The fraction of sp³-hybridized carbons (Fsp3) is 0.889. The zero-order chi connectivity index (χ0) is 9.84. The van der Waals surface area contributed by atoms with Gasteiger partial charge < -0.3 is 14.4 Å². The first-order valence-electron chi connectivity index (χ1n) is 4.57. The predicted octanol–water partition coefficient (Wildman–Crippen LogP) is 0.616. The lowest BCUT2D eigenvalue weighted by molar-refractivity contribution is -0.153. The molecule has 2 unspecified atom stereocenters. The quantitative estimate of drug-likeness (QED) is 0.592. The SMILES string of the molecule is COC(C)C(C)OCN1CCC1=O. The molecule has 2 atom stereocenters. The average Bonchev–Trinajstić information content (AvgIpc) is 2.14. The summed E-state index contributed by atoms with van der Waals surface area (Å²) in [5.41, 5.74) is 0. The zero-order valence-corrected chi connectivity index (χ0v) is 8.45. The van der Waals surface area contributed by atoms with E-state index in [1.54, 1.807) is 12.0 Å². The third kappa shape index (κ3) is 2.67. The maximum atomic E-state index is 10.9. The van der Waals surface area contributed by atoms with Crippen molar-refractivity contribution in [2.24, 2.45) is 0 Å². The van der Waals surface area contributed by atoms with E-state index in [1.807, 2.05) is 13.8 Å². The first-order chi connectivity index (χ1) is 6.15. The number of β-lactam (4-membered cyclic amide) rings is 1. The molecule has 4 nitrogen and oxygen atoms in total. The molecule has 1 aliphatic rings. The lowest BCUT2D eigenvalue weighted by Gasteiger charge is -2.32. The van der Waals surface area contributed by atoms with Crippen LogP contribution < -0.4 is 0 Å². The van der Waals surface area contributed by atoms with Crippen LogP contribution >= 0.6 is 0 Å². The van der Waals surface area contributed by atoms with Gasteiger partial charge in [-0.25, -0.2) is 0 Å². The van der Waals surface area contributed by atoms with Gasteiger partial charge in [0.25, 0.3) is 0 Å². The molecule has 1 fully saturated rings. The first-order valence-corrected chi connectivity index (χ1v) is 4.57. The Morgan fingerprint density at radius 2 is 2.15 bits per heavy atom. The number of carbonyl (C=O) groups is 1. The molecule has 0 spiro atoms. The standard InChI is InChI=1S/C9H17NO3/c1-7(12-3)8(2)13-6-10-5-4-9(10)11/h7-8H,4-6H2,1-3H3. The van der Waals surface area contributed by atoms with Gasteiger partial charge in [0, 0.05) is 20.1 Å². The molecule has 1 heterocycles. The third-order valence-electron chi connectivity index (χ3n) is 2.47. The predicted molar refractivity (Wildman–Crippen MR) is 48.2 cm³/mol. The topological polar surface area (TPSA) is 38.8 Å². The van der Waals surface area contributed by atoms with E-state index in [1.165, 1.54) is 0 Å². The smallest absolute Gasteiger partial charge is 0.226 e. The summed E-state index contributed by atoms with van der Waals surface area (Å²) in [5, 5.41) is 0. The van der Waals surface area contributed by atoms with Crippen molar-refractivity contribution in [2.75, 3.05) is 20.4 Å². The summed E-state index contributed by atoms with van der Waals surface area (Å²) in [6.45, 7) is 5.11. The highest BCUT2D eigenvalue weighted by Crippen LogP contribution is 2.10. The molecule has 13 heavy (non-hydrogen) atoms. The van der Waals surface area contributed by atoms with E-state index in [0.717, 1.165) is 6.54 Å². The van der Waals surface area contributed by atoms with Crippen LogP contribution in [0.2, 0.25) is 0 Å². The van der Waals surface area contributed by atoms with Gasteiger partial charge in [-0.15, -0.1) is 0 Å². The number of ether oxygens (including phenoxy) is 2. The van der Waals surface area contributed by atoms with Crippen molar-refractivity contribution in [1.82, 2.24) is 4.90 Å². The Morgan fingerprint density at radius 1 is 1.46 bits per heavy atom. The second-order valence-corrected chi connectivity index (χ2v) is 3.35. The number of nitrogens with zero attached hydrogens (tertiary/aromatic N) is 1. The monoisotopic (exact) mass is 187 g/mol. The highest BCUT2D eigenvalue weighted by atomic mass is 16.5. The largest absolute Gasteiger partial charge is 0.379 e. The number of carbonyl (C=O) groups excluding carboxylic acids is 1. The maximum absolute atomic E-state index is 10.9. The van der Waals surface area contributed by atoms with Crippen molar-refractivity contribution in [2.45, 2.75) is 32.5 Å². The van der Waals surface area contributed by atoms with Gasteiger partial charge in [0.2, 0.25) is 5.91 Å². The Morgan fingerprint density at radius 3 is 2.54 bits per heavy atom. The number of methoxy groups -OCH3 is 1. The first kappa shape index (κ1) is 10.5. The van der Waals surface area contributed by atoms with Crippen molar-refractivity contribution >= 4 is 5.91 Å². The van der Waals surface area contributed by atoms with Crippen LogP contribution in [0.1, 0.15) is 20.3 Å². The van der Waals surface area contributed by atoms with Crippen molar-refractivity contribution in [3.05, 3.63) is 0 Å². The summed E-state index contributed by atoms with van der Waals surface area (Å²) >= 11 is 0. The number of hydrogen-bond acceptors (Lipinski definition) is 3. The molecular weight excluding hydrogens is 170 g/mol. The Labute approximate surface area is 78.8 Å². The Hall–Kier alpha value is -0.610. The van der Waals surface area contributed by atoms with Crippen LogP contribution in [0.5, 0.6) is 0 Å². The van der Waals surface area contributed by atoms with Gasteiger partial charge in [-0.1, -0.05) is 0 Å². The van der Waals surface area contributed by atoms with E-state index < -0.39 is 0 Å². The van der Waals surface area contributed by atoms with Crippen molar-refractivity contribution in [1.29, 1.82) is 0 Å². The van der Waals surface area contributed by atoms with Gasteiger partial charge in [-0.2, -0.15) is 0 Å². The fourth-order valence-electron chi connectivity index (χ4n) is 1.03. The average molecular weight is 187 g/mol. The number of hydrogen-bond donors (Lipinski definition) is 0. The molecule has 0 aromatic carbocycles. The third-order valence-corrected chi connectivity index (χ3v) is 2.47. The van der Waals surface area contributed by atoms with E-state index in [-0.39, 0.29) is 18.1 Å². The van der Waals surface area contributed by atoms with E-state index in [0.29, 0.717) is 13.2 Å². The molecule has 76 valence electrons. The highest BCUT2D eigenvalue weighted by Gasteiger charge is 2.24. The molecule has 1 amide bonds. The molecule has 1 rings (SSSR count). The molecule has 0 aromatic rings. The van der Waals surface area contributed by atoms with E-state index in [2.05, 4.69) is 0 Å². The summed E-state index contributed by atoms with van der Waals surface area (Å²) in [6, 6.07) is 0. The molecular formula is C9H17NO3. The maximum Gasteiger partial charge on any atom is 0.226 e.